The van der Waals surface area contributed by atoms with E-state index in [2.05, 4.69) is 15.4 Å². The molecule has 0 atom stereocenters. The largest absolute Gasteiger partial charge is 0.439 e. The first-order valence-electron chi connectivity index (χ1n) is 6.48. The topological polar surface area (TPSA) is 82.3 Å². The van der Waals surface area contributed by atoms with Crippen LogP contribution in [0.1, 0.15) is 18.3 Å². The Morgan fingerprint density at radius 1 is 1.29 bits per heavy atom. The normalized spacial score (nSPS) is 10.5. The minimum Gasteiger partial charge on any atom is -0.439 e. The molecule has 3 N–H and O–H groups in total. The average Bonchev–Trinajstić information content (AvgIpc) is 2.48. The summed E-state index contributed by atoms with van der Waals surface area (Å²) >= 11 is 0. The lowest BCUT2D eigenvalue weighted by atomic mass is 10.2. The van der Waals surface area contributed by atoms with Gasteiger partial charge in [0, 0.05) is 12.7 Å². The molecule has 1 aromatic heterocycles. The van der Waals surface area contributed by atoms with Crippen LogP contribution in [0.4, 0.5) is 10.2 Å². The molecule has 0 radical (unpaired) electrons. The number of rotatable bonds is 6. The van der Waals surface area contributed by atoms with Crippen molar-refractivity contribution in [2.75, 3.05) is 12.0 Å². The zero-order chi connectivity index (χ0) is 15.2. The van der Waals surface area contributed by atoms with Gasteiger partial charge in [0.15, 0.2) is 5.82 Å². The zero-order valence-corrected chi connectivity index (χ0v) is 11.9. The number of nitrogens with zero attached hydrogens (tertiary/aromatic N) is 2. The highest BCUT2D eigenvalue weighted by Gasteiger charge is 2.07. The van der Waals surface area contributed by atoms with Crippen molar-refractivity contribution in [1.82, 2.24) is 9.97 Å². The van der Waals surface area contributed by atoms with Gasteiger partial charge in [-0.15, -0.1) is 0 Å². The highest BCUT2D eigenvalue weighted by molar-refractivity contribution is 5.39. The van der Waals surface area contributed by atoms with Gasteiger partial charge in [-0.05, 0) is 37.6 Å². The van der Waals surface area contributed by atoms with Crippen LogP contribution in [0, 0.1) is 12.7 Å². The smallest absolute Gasteiger partial charge is 0.224 e. The second kappa shape index (κ2) is 6.96. The number of nitrogens with two attached hydrogens (primary N) is 1. The van der Waals surface area contributed by atoms with Crippen molar-refractivity contribution in [2.45, 2.75) is 20.5 Å². The van der Waals surface area contributed by atoms with Crippen LogP contribution in [0.3, 0.4) is 0 Å². The monoisotopic (exact) mass is 292 g/mol. The molecule has 0 aliphatic carbocycles. The third-order valence-electron chi connectivity index (χ3n) is 2.68. The molecule has 0 bridgehead atoms. The maximum absolute atomic E-state index is 13.2. The lowest BCUT2D eigenvalue weighted by molar-refractivity contribution is 0.128. The van der Waals surface area contributed by atoms with Gasteiger partial charge >= 0.3 is 0 Å². The van der Waals surface area contributed by atoms with Crippen molar-refractivity contribution in [3.63, 3.8) is 0 Å². The molecule has 21 heavy (non-hydrogen) atoms. The number of aromatic nitrogens is 2. The van der Waals surface area contributed by atoms with E-state index < -0.39 is 0 Å². The van der Waals surface area contributed by atoms with E-state index in [1.165, 1.54) is 12.1 Å². The summed E-state index contributed by atoms with van der Waals surface area (Å²) in [6.07, 6.45) is 0. The van der Waals surface area contributed by atoms with E-state index in [0.29, 0.717) is 35.4 Å². The summed E-state index contributed by atoms with van der Waals surface area (Å²) in [5.74, 6) is 6.73. The first-order valence-corrected chi connectivity index (χ1v) is 6.48. The molecule has 0 unspecified atom stereocenters. The molecule has 2 aromatic rings. The SMILES string of the molecule is CCOCc1nc(NN)cc(Oc2ccc(F)c(C)c2)n1. The second-order valence-corrected chi connectivity index (χ2v) is 4.30. The van der Waals surface area contributed by atoms with E-state index in [9.17, 15) is 4.39 Å². The number of hydrazine groups is 1. The Hall–Kier alpha value is -2.25. The maximum Gasteiger partial charge on any atom is 0.224 e. The van der Waals surface area contributed by atoms with Crippen LogP contribution in [0.2, 0.25) is 0 Å². The van der Waals surface area contributed by atoms with Crippen molar-refractivity contribution < 1.29 is 13.9 Å². The van der Waals surface area contributed by atoms with Crippen LogP contribution < -0.4 is 16.0 Å². The standard InChI is InChI=1S/C14H17FN4O2/c1-3-20-8-13-17-12(19-16)7-14(18-13)21-10-4-5-11(15)9(2)6-10/h4-7H,3,8,16H2,1-2H3,(H,17,18,19). The molecular weight excluding hydrogens is 275 g/mol. The fraction of sp³-hybridized carbons (Fsp3) is 0.286. The van der Waals surface area contributed by atoms with Gasteiger partial charge in [-0.1, -0.05) is 0 Å². The molecule has 112 valence electrons. The lowest BCUT2D eigenvalue weighted by Gasteiger charge is -2.09. The summed E-state index contributed by atoms with van der Waals surface area (Å²) in [7, 11) is 0. The summed E-state index contributed by atoms with van der Waals surface area (Å²) in [6, 6.07) is 6.01. The molecule has 0 spiro atoms. The zero-order valence-electron chi connectivity index (χ0n) is 11.9. The quantitative estimate of drug-likeness (QED) is 0.629. The van der Waals surface area contributed by atoms with Crippen molar-refractivity contribution in [2.24, 2.45) is 5.84 Å². The average molecular weight is 292 g/mol. The summed E-state index contributed by atoms with van der Waals surface area (Å²) in [4.78, 5) is 8.37. The first kappa shape index (κ1) is 15.1. The molecule has 7 heteroatoms. The Balaban J connectivity index is 2.23. The molecule has 6 nitrogen and oxygen atoms in total. The molecule has 0 aliphatic heterocycles. The number of aryl methyl sites for hydroxylation is 1. The van der Waals surface area contributed by atoms with Gasteiger partial charge in [0.25, 0.3) is 0 Å². The molecule has 0 fully saturated rings. The van der Waals surface area contributed by atoms with E-state index in [1.807, 2.05) is 6.92 Å². The van der Waals surface area contributed by atoms with Crippen molar-refractivity contribution >= 4 is 5.82 Å². The molecule has 1 aromatic carbocycles. The summed E-state index contributed by atoms with van der Waals surface area (Å²) < 4.78 is 24.1. The molecule has 2 rings (SSSR count). The van der Waals surface area contributed by atoms with E-state index in [4.69, 9.17) is 15.3 Å². The number of hydrogen-bond donors (Lipinski definition) is 2. The summed E-state index contributed by atoms with van der Waals surface area (Å²) in [6.45, 7) is 4.35. The van der Waals surface area contributed by atoms with E-state index in [1.54, 1.807) is 19.1 Å². The number of hydrogen-bond acceptors (Lipinski definition) is 6. The predicted octanol–water partition coefficient (Wildman–Crippen LogP) is 2.54. The summed E-state index contributed by atoms with van der Waals surface area (Å²) in [5.41, 5.74) is 2.94. The predicted molar refractivity (Wildman–Crippen MR) is 76.4 cm³/mol. The summed E-state index contributed by atoms with van der Waals surface area (Å²) in [5, 5.41) is 0. The molecular formula is C14H17FN4O2. The van der Waals surface area contributed by atoms with Crippen LogP contribution in [-0.2, 0) is 11.3 Å². The van der Waals surface area contributed by atoms with Crippen LogP contribution in [0.15, 0.2) is 24.3 Å². The Kier molecular flexibility index (Phi) is 5.02. The van der Waals surface area contributed by atoms with Gasteiger partial charge in [-0.3, -0.25) is 0 Å². The minimum atomic E-state index is -0.286. The number of halogens is 1. The first-order chi connectivity index (χ1) is 10.1. The van der Waals surface area contributed by atoms with Gasteiger partial charge in [-0.2, -0.15) is 4.98 Å². The van der Waals surface area contributed by atoms with E-state index >= 15 is 0 Å². The number of anilines is 1. The minimum absolute atomic E-state index is 0.255. The maximum atomic E-state index is 13.2. The van der Waals surface area contributed by atoms with Crippen LogP contribution in [0.5, 0.6) is 11.6 Å². The molecule has 0 amide bonds. The fourth-order valence-corrected chi connectivity index (χ4v) is 1.66. The van der Waals surface area contributed by atoms with Crippen LogP contribution in [-0.4, -0.2) is 16.6 Å². The van der Waals surface area contributed by atoms with Crippen LogP contribution >= 0.6 is 0 Å². The van der Waals surface area contributed by atoms with Crippen molar-refractivity contribution in [3.05, 3.63) is 41.5 Å². The van der Waals surface area contributed by atoms with Crippen molar-refractivity contribution in [1.29, 1.82) is 0 Å². The molecule has 0 aliphatic rings. The van der Waals surface area contributed by atoms with Gasteiger partial charge in [0.05, 0.1) is 0 Å². The van der Waals surface area contributed by atoms with Gasteiger partial charge in [0.2, 0.25) is 5.88 Å². The Bertz CT molecular complexity index is 622. The molecule has 0 saturated heterocycles. The lowest BCUT2D eigenvalue weighted by Crippen LogP contribution is -2.11. The molecule has 1 heterocycles. The fourth-order valence-electron chi connectivity index (χ4n) is 1.66. The van der Waals surface area contributed by atoms with Gasteiger partial charge in [-0.25, -0.2) is 15.2 Å². The third kappa shape index (κ3) is 4.11. The number of benzene rings is 1. The highest BCUT2D eigenvalue weighted by Crippen LogP contribution is 2.23. The van der Waals surface area contributed by atoms with Crippen molar-refractivity contribution in [3.8, 4) is 11.6 Å². The Morgan fingerprint density at radius 2 is 2.10 bits per heavy atom. The van der Waals surface area contributed by atoms with Gasteiger partial charge in [0.1, 0.15) is 24.0 Å². The number of ether oxygens (including phenoxy) is 2. The third-order valence-corrected chi connectivity index (χ3v) is 2.68. The van der Waals surface area contributed by atoms with E-state index in [-0.39, 0.29) is 12.4 Å². The van der Waals surface area contributed by atoms with Gasteiger partial charge < -0.3 is 14.9 Å². The Labute approximate surface area is 122 Å². The van der Waals surface area contributed by atoms with E-state index in [0.717, 1.165) is 0 Å². The van der Waals surface area contributed by atoms with Crippen LogP contribution in [0.25, 0.3) is 0 Å². The molecule has 0 saturated carbocycles. The second-order valence-electron chi connectivity index (χ2n) is 4.30. The Morgan fingerprint density at radius 3 is 2.76 bits per heavy atom. The number of nitrogens with one attached hydrogen (secondary N) is 1. The number of nitrogen functional groups attached to an aromatic ring is 1. The highest BCUT2D eigenvalue weighted by atomic mass is 19.1.